The van der Waals surface area contributed by atoms with Crippen LogP contribution in [0.1, 0.15) is 39.2 Å². The van der Waals surface area contributed by atoms with E-state index in [0.29, 0.717) is 19.0 Å². The van der Waals surface area contributed by atoms with Crippen molar-refractivity contribution in [3.05, 3.63) is 70.8 Å². The number of benzene rings is 2. The lowest BCUT2D eigenvalue weighted by atomic mass is 9.78. The Labute approximate surface area is 194 Å². The summed E-state index contributed by atoms with van der Waals surface area (Å²) in [5.74, 6) is 1.30. The van der Waals surface area contributed by atoms with Crippen molar-refractivity contribution < 1.29 is 14.3 Å². The van der Waals surface area contributed by atoms with E-state index in [1.54, 1.807) is 11.8 Å². The van der Waals surface area contributed by atoms with Gasteiger partial charge in [0.25, 0.3) is 0 Å². The molecule has 1 atom stereocenters. The van der Waals surface area contributed by atoms with E-state index >= 15 is 0 Å². The van der Waals surface area contributed by atoms with Crippen molar-refractivity contribution in [1.82, 2.24) is 5.32 Å². The van der Waals surface area contributed by atoms with Gasteiger partial charge in [0.15, 0.2) is 0 Å². The van der Waals surface area contributed by atoms with Gasteiger partial charge in [0.2, 0.25) is 0 Å². The van der Waals surface area contributed by atoms with Crippen LogP contribution in [0.2, 0.25) is 0 Å². The number of carbonyl (C=O) groups excluding carboxylic acids is 1. The van der Waals surface area contributed by atoms with Crippen molar-refractivity contribution in [1.29, 1.82) is 0 Å². The maximum atomic E-state index is 12.2. The molecule has 2 aromatic carbocycles. The Morgan fingerprint density at radius 3 is 2.59 bits per heavy atom. The Hall–Kier alpha value is -2.73. The Morgan fingerprint density at radius 1 is 1.12 bits per heavy atom. The van der Waals surface area contributed by atoms with Crippen LogP contribution in [0, 0.1) is 5.41 Å². The Balaban J connectivity index is 1.49. The number of allylic oxidation sites excluding steroid dienone is 2. The molecule has 168 valence electrons. The number of hydrogen-bond donors (Lipinski definition) is 1. The lowest BCUT2D eigenvalue weighted by Gasteiger charge is -2.38. The highest BCUT2D eigenvalue weighted by molar-refractivity contribution is 8.04. The van der Waals surface area contributed by atoms with E-state index in [9.17, 15) is 4.79 Å². The molecule has 1 unspecified atom stereocenters. The molecule has 4 rings (SSSR count). The summed E-state index contributed by atoms with van der Waals surface area (Å²) in [4.78, 5) is 18.4. The number of nitrogens with zero attached hydrogens (tertiary/aromatic N) is 1. The highest BCUT2D eigenvalue weighted by atomic mass is 32.2. The number of hydrogen-bond acceptors (Lipinski definition) is 6. The number of rotatable bonds is 6. The molecule has 0 aromatic heterocycles. The second-order valence-electron chi connectivity index (χ2n) is 8.91. The molecule has 32 heavy (non-hydrogen) atoms. The summed E-state index contributed by atoms with van der Waals surface area (Å²) in [6, 6.07) is 17.8. The van der Waals surface area contributed by atoms with Crippen LogP contribution in [0.3, 0.4) is 0 Å². The van der Waals surface area contributed by atoms with Crippen molar-refractivity contribution in [2.45, 2.75) is 46.3 Å². The van der Waals surface area contributed by atoms with Gasteiger partial charge in [-0.1, -0.05) is 44.2 Å². The highest BCUT2D eigenvalue weighted by Gasteiger charge is 2.37. The fraction of sp³-hybridized carbons (Fsp3) is 0.385. The second kappa shape index (κ2) is 9.82. The van der Waals surface area contributed by atoms with Crippen LogP contribution in [0.5, 0.6) is 5.75 Å². The molecule has 2 aliphatic rings. The van der Waals surface area contributed by atoms with Gasteiger partial charge in [-0.15, -0.1) is 11.8 Å². The molecule has 0 fully saturated rings. The molecule has 0 radical (unpaired) electrons. The fourth-order valence-electron chi connectivity index (χ4n) is 4.01. The van der Waals surface area contributed by atoms with Gasteiger partial charge in [0, 0.05) is 16.4 Å². The Bertz CT molecular complexity index is 1010. The summed E-state index contributed by atoms with van der Waals surface area (Å²) in [7, 11) is 0. The van der Waals surface area contributed by atoms with Gasteiger partial charge in [-0.2, -0.15) is 0 Å². The van der Waals surface area contributed by atoms with E-state index in [0.717, 1.165) is 41.3 Å². The largest absolute Gasteiger partial charge is 0.489 e. The molecule has 0 amide bonds. The van der Waals surface area contributed by atoms with E-state index in [-0.39, 0.29) is 17.4 Å². The number of carbonyl (C=O) groups is 1. The maximum absolute atomic E-state index is 12.2. The number of aliphatic imine (C=N–C) groups is 1. The standard InChI is InChI=1S/C26H30N2O3S/c1-4-30-25(29)23-17-32-24-21(14-26(2,3)15-22(24)28-23)27-19-10-12-20(13-11-19)31-16-18-8-6-5-7-9-18/h5-13,23,28H,4,14-17H2,1-3H3/b27-21+. The van der Waals surface area contributed by atoms with Crippen molar-refractivity contribution in [2.24, 2.45) is 10.4 Å². The minimum Gasteiger partial charge on any atom is -0.489 e. The van der Waals surface area contributed by atoms with E-state index in [1.807, 2.05) is 49.4 Å². The van der Waals surface area contributed by atoms with Gasteiger partial charge in [-0.05, 0) is 55.0 Å². The predicted molar refractivity (Wildman–Crippen MR) is 130 cm³/mol. The van der Waals surface area contributed by atoms with E-state index in [1.165, 1.54) is 4.91 Å². The third kappa shape index (κ3) is 5.54. The van der Waals surface area contributed by atoms with E-state index < -0.39 is 0 Å². The van der Waals surface area contributed by atoms with Gasteiger partial charge in [0.05, 0.1) is 18.0 Å². The Kier molecular flexibility index (Phi) is 6.89. The summed E-state index contributed by atoms with van der Waals surface area (Å²) in [6.45, 7) is 7.27. The fourth-order valence-corrected chi connectivity index (χ4v) is 5.15. The average molecular weight is 451 g/mol. The molecule has 6 heteroatoms. The van der Waals surface area contributed by atoms with Crippen LogP contribution in [0.4, 0.5) is 5.69 Å². The second-order valence-corrected chi connectivity index (χ2v) is 9.94. The van der Waals surface area contributed by atoms with Gasteiger partial charge < -0.3 is 14.8 Å². The van der Waals surface area contributed by atoms with Crippen LogP contribution in [-0.2, 0) is 16.1 Å². The first-order valence-electron chi connectivity index (χ1n) is 11.1. The first kappa shape index (κ1) is 22.5. The zero-order chi connectivity index (χ0) is 22.6. The first-order valence-corrected chi connectivity index (χ1v) is 12.1. The van der Waals surface area contributed by atoms with Gasteiger partial charge >= 0.3 is 5.97 Å². The summed E-state index contributed by atoms with van der Waals surface area (Å²) in [6.07, 6.45) is 1.80. The highest BCUT2D eigenvalue weighted by Crippen LogP contribution is 2.43. The maximum Gasteiger partial charge on any atom is 0.329 e. The van der Waals surface area contributed by atoms with Crippen molar-refractivity contribution >= 4 is 29.1 Å². The average Bonchev–Trinajstić information content (AvgIpc) is 2.78. The molecule has 1 N–H and O–H groups in total. The minimum atomic E-state index is -0.296. The molecule has 1 heterocycles. The molecule has 0 saturated heterocycles. The third-order valence-corrected chi connectivity index (χ3v) is 6.77. The van der Waals surface area contributed by atoms with Crippen molar-refractivity contribution in [2.75, 3.05) is 12.4 Å². The van der Waals surface area contributed by atoms with Gasteiger partial charge in [0.1, 0.15) is 18.4 Å². The number of thioether (sulfide) groups is 1. The summed E-state index contributed by atoms with van der Waals surface area (Å²) in [5, 5.41) is 3.44. The van der Waals surface area contributed by atoms with Crippen LogP contribution in [0.25, 0.3) is 0 Å². The van der Waals surface area contributed by atoms with Gasteiger partial charge in [-0.25, -0.2) is 4.79 Å². The minimum absolute atomic E-state index is 0.0700. The quantitative estimate of drug-likeness (QED) is 0.577. The smallest absolute Gasteiger partial charge is 0.329 e. The molecule has 0 saturated carbocycles. The summed E-state index contributed by atoms with van der Waals surface area (Å²) < 4.78 is 11.1. The van der Waals surface area contributed by atoms with Gasteiger partial charge in [-0.3, -0.25) is 4.99 Å². The molecule has 1 aliphatic carbocycles. The van der Waals surface area contributed by atoms with E-state index in [2.05, 4.69) is 31.3 Å². The lowest BCUT2D eigenvalue weighted by molar-refractivity contribution is -0.144. The van der Waals surface area contributed by atoms with Crippen molar-refractivity contribution in [3.63, 3.8) is 0 Å². The number of esters is 1. The van der Waals surface area contributed by atoms with Crippen LogP contribution in [-0.4, -0.2) is 30.1 Å². The lowest BCUT2D eigenvalue weighted by Crippen LogP contribution is -2.45. The zero-order valence-corrected chi connectivity index (χ0v) is 19.7. The predicted octanol–water partition coefficient (Wildman–Crippen LogP) is 5.64. The number of nitrogens with one attached hydrogen (secondary N) is 1. The normalized spacial score (nSPS) is 21.0. The molecule has 0 spiro atoms. The van der Waals surface area contributed by atoms with E-state index in [4.69, 9.17) is 14.5 Å². The summed E-state index contributed by atoms with van der Waals surface area (Å²) >= 11 is 1.71. The van der Waals surface area contributed by atoms with Crippen LogP contribution in [0.15, 0.2) is 70.2 Å². The van der Waals surface area contributed by atoms with Crippen LogP contribution < -0.4 is 10.1 Å². The number of ether oxygens (including phenoxy) is 2. The molecule has 2 aromatic rings. The molecular formula is C26H30N2O3S. The molecule has 0 bridgehead atoms. The third-order valence-electron chi connectivity index (χ3n) is 5.50. The van der Waals surface area contributed by atoms with Crippen LogP contribution >= 0.6 is 11.8 Å². The summed E-state index contributed by atoms with van der Waals surface area (Å²) in [5.41, 5.74) is 4.31. The van der Waals surface area contributed by atoms with Crippen molar-refractivity contribution in [3.8, 4) is 5.75 Å². The molecule has 5 nitrogen and oxygen atoms in total. The zero-order valence-electron chi connectivity index (χ0n) is 18.9. The molecular weight excluding hydrogens is 420 g/mol. The monoisotopic (exact) mass is 450 g/mol. The topological polar surface area (TPSA) is 59.9 Å². The molecule has 1 aliphatic heterocycles. The Morgan fingerprint density at radius 2 is 1.88 bits per heavy atom. The first-order chi connectivity index (χ1) is 15.4. The SMILES string of the molecule is CCOC(=O)C1CSC2=C(CC(C)(C)C/C2=N\c2ccc(OCc3ccccc3)cc2)N1.